The zero-order valence-corrected chi connectivity index (χ0v) is 13.8. The van der Waals surface area contributed by atoms with Crippen molar-refractivity contribution in [2.24, 2.45) is 5.11 Å². The molecule has 0 N–H and O–H groups in total. The maximum atomic E-state index is 11.4. The van der Waals surface area contributed by atoms with E-state index in [1.54, 1.807) is 49.6 Å². The molecule has 0 heterocycles. The Morgan fingerprint density at radius 2 is 1.81 bits per heavy atom. The van der Waals surface area contributed by atoms with Crippen LogP contribution in [-0.4, -0.2) is 17.9 Å². The van der Waals surface area contributed by atoms with E-state index in [-0.39, 0.29) is 5.69 Å². The van der Waals surface area contributed by atoms with Crippen molar-refractivity contribution in [2.75, 3.05) is 7.11 Å². The maximum Gasteiger partial charge on any atom is 0.269 e. The maximum absolute atomic E-state index is 11.4. The molecular weight excluding hydrogens is 336 g/mol. The first-order valence-electron chi connectivity index (χ1n) is 7.41. The molecule has 0 spiro atoms. The Kier molecular flexibility index (Phi) is 6.25. The van der Waals surface area contributed by atoms with Crippen LogP contribution < -0.4 is 4.74 Å². The lowest BCUT2D eigenvalue weighted by atomic mass is 10.0. The Balaban J connectivity index is 2.42. The van der Waals surface area contributed by atoms with Crippen LogP contribution in [0.15, 0.2) is 65.8 Å². The molecule has 0 aliphatic heterocycles. The van der Waals surface area contributed by atoms with E-state index in [0.717, 1.165) is 11.6 Å². The van der Waals surface area contributed by atoms with Crippen molar-refractivity contribution in [3.8, 4) is 5.75 Å². The van der Waals surface area contributed by atoms with Crippen molar-refractivity contribution in [3.63, 3.8) is 0 Å². The molecule has 2 aromatic carbocycles. The van der Waals surface area contributed by atoms with Gasteiger partial charge in [0, 0.05) is 17.0 Å². The quantitative estimate of drug-likeness (QED) is 0.111. The first-order valence-corrected chi connectivity index (χ1v) is 7.41. The smallest absolute Gasteiger partial charge is 0.269 e. The minimum atomic E-state index is -0.726. The summed E-state index contributed by atoms with van der Waals surface area (Å²) in [5.41, 5.74) is 10.4. The molecule has 0 fully saturated rings. The van der Waals surface area contributed by atoms with Gasteiger partial charge in [0.15, 0.2) is 0 Å². The van der Waals surface area contributed by atoms with Gasteiger partial charge in [-0.1, -0.05) is 18.2 Å². The first kappa shape index (κ1) is 18.4. The highest BCUT2D eigenvalue weighted by molar-refractivity contribution is 5.95. The zero-order valence-electron chi connectivity index (χ0n) is 13.8. The van der Waals surface area contributed by atoms with E-state index >= 15 is 0 Å². The number of benzene rings is 2. The molecule has 2 rings (SSSR count). The molecule has 0 aromatic heterocycles. The predicted molar refractivity (Wildman–Crippen MR) is 97.3 cm³/mol. The number of hydrogen-bond acceptors (Lipinski definition) is 4. The predicted octanol–water partition coefficient (Wildman–Crippen LogP) is 4.54. The van der Waals surface area contributed by atoms with E-state index in [2.05, 4.69) is 10.0 Å². The molecule has 0 saturated heterocycles. The van der Waals surface area contributed by atoms with Crippen LogP contribution in [0, 0.1) is 10.1 Å². The van der Waals surface area contributed by atoms with E-state index in [0.29, 0.717) is 16.9 Å². The van der Waals surface area contributed by atoms with Crippen molar-refractivity contribution < 1.29 is 14.5 Å². The minimum Gasteiger partial charge on any atom is -0.497 e. The van der Waals surface area contributed by atoms with Gasteiger partial charge in [-0.05, 0) is 63.8 Å². The highest BCUT2D eigenvalue weighted by Crippen LogP contribution is 2.23. The lowest BCUT2D eigenvalue weighted by Gasteiger charge is -2.05. The molecule has 8 nitrogen and oxygen atoms in total. The van der Waals surface area contributed by atoms with Crippen molar-refractivity contribution in [3.05, 3.63) is 92.4 Å². The lowest BCUT2D eigenvalue weighted by Crippen LogP contribution is -1.89. The third-order valence-corrected chi connectivity index (χ3v) is 3.40. The van der Waals surface area contributed by atoms with Gasteiger partial charge in [0.05, 0.1) is 12.0 Å². The normalized spacial score (nSPS) is 11.0. The van der Waals surface area contributed by atoms with Gasteiger partial charge in [-0.15, -0.1) is 0 Å². The van der Waals surface area contributed by atoms with Crippen LogP contribution in [-0.2, 0) is 4.79 Å². The molecule has 0 radical (unpaired) electrons. The Bertz CT molecular complexity index is 909. The molecule has 0 aliphatic rings. The number of azide groups is 1. The Morgan fingerprint density at radius 3 is 2.35 bits per heavy atom. The minimum absolute atomic E-state index is 0.0118. The zero-order chi connectivity index (χ0) is 18.9. The number of hydrogen-bond donors (Lipinski definition) is 0. The summed E-state index contributed by atoms with van der Waals surface area (Å²) in [6.07, 6.45) is 4.42. The Morgan fingerprint density at radius 1 is 1.15 bits per heavy atom. The number of nitrogens with zero attached hydrogens (tertiary/aromatic N) is 4. The van der Waals surface area contributed by atoms with Crippen LogP contribution in [0.3, 0.4) is 0 Å². The fourth-order valence-electron chi connectivity index (χ4n) is 2.12. The number of rotatable bonds is 6. The lowest BCUT2D eigenvalue weighted by molar-refractivity contribution is -0.384. The van der Waals surface area contributed by atoms with Gasteiger partial charge in [-0.3, -0.25) is 14.9 Å². The second-order valence-corrected chi connectivity index (χ2v) is 5.04. The summed E-state index contributed by atoms with van der Waals surface area (Å²) in [6, 6.07) is 13.1. The van der Waals surface area contributed by atoms with E-state index in [9.17, 15) is 14.9 Å². The third-order valence-electron chi connectivity index (χ3n) is 3.40. The van der Waals surface area contributed by atoms with Crippen LogP contribution in [0.2, 0.25) is 0 Å². The molecule has 26 heavy (non-hydrogen) atoms. The van der Waals surface area contributed by atoms with E-state index < -0.39 is 10.8 Å². The summed E-state index contributed by atoms with van der Waals surface area (Å²) in [5.74, 6) is -0.0480. The van der Waals surface area contributed by atoms with Gasteiger partial charge < -0.3 is 4.74 Å². The number of amides is 1. The fraction of sp³-hybridized carbons (Fsp3) is 0.0556. The molecule has 0 atom stereocenters. The van der Waals surface area contributed by atoms with Gasteiger partial charge >= 0.3 is 0 Å². The number of non-ortho nitro benzene ring substituents is 1. The second kappa shape index (κ2) is 8.81. The van der Waals surface area contributed by atoms with E-state index in [1.165, 1.54) is 18.2 Å². The van der Waals surface area contributed by atoms with E-state index in [4.69, 9.17) is 10.3 Å². The van der Waals surface area contributed by atoms with Crippen LogP contribution >= 0.6 is 0 Å². The highest BCUT2D eigenvalue weighted by Gasteiger charge is 2.05. The van der Waals surface area contributed by atoms with Gasteiger partial charge in [0.2, 0.25) is 5.91 Å². The molecule has 0 saturated carbocycles. The van der Waals surface area contributed by atoms with Gasteiger partial charge in [-0.2, -0.15) is 0 Å². The molecule has 0 aliphatic carbocycles. The number of carbonyl (C=O) groups excluding carboxylic acids is 1. The molecular formula is C18H14N4O4. The Labute approximate surface area is 148 Å². The molecule has 0 unspecified atom stereocenters. The van der Waals surface area contributed by atoms with Gasteiger partial charge in [0.1, 0.15) is 5.75 Å². The number of nitro benzene ring substituents is 1. The van der Waals surface area contributed by atoms with Crippen LogP contribution in [0.25, 0.3) is 22.1 Å². The van der Waals surface area contributed by atoms with E-state index in [1.807, 2.05) is 0 Å². The first-order chi connectivity index (χ1) is 12.5. The average Bonchev–Trinajstić information content (AvgIpc) is 2.66. The number of ether oxygens (including phenoxy) is 1. The largest absolute Gasteiger partial charge is 0.497 e. The summed E-state index contributed by atoms with van der Waals surface area (Å²) in [6.45, 7) is 0. The molecule has 130 valence electrons. The number of nitro groups is 1. The third kappa shape index (κ3) is 5.05. The van der Waals surface area contributed by atoms with Crippen LogP contribution in [0.5, 0.6) is 5.75 Å². The van der Waals surface area contributed by atoms with Crippen molar-refractivity contribution in [2.45, 2.75) is 0 Å². The van der Waals surface area contributed by atoms with Crippen LogP contribution in [0.1, 0.15) is 11.1 Å². The van der Waals surface area contributed by atoms with Gasteiger partial charge in [0.25, 0.3) is 5.69 Å². The van der Waals surface area contributed by atoms with Crippen LogP contribution in [0.4, 0.5) is 5.69 Å². The molecule has 2 aromatic rings. The second-order valence-electron chi connectivity index (χ2n) is 5.04. The fourth-order valence-corrected chi connectivity index (χ4v) is 2.12. The topological polar surface area (TPSA) is 118 Å². The summed E-state index contributed by atoms with van der Waals surface area (Å²) >= 11 is 0. The summed E-state index contributed by atoms with van der Waals surface area (Å²) in [7, 11) is 1.56. The van der Waals surface area contributed by atoms with Crippen molar-refractivity contribution in [1.82, 2.24) is 0 Å². The number of carbonyl (C=O) groups is 1. The Hall–Kier alpha value is -3.90. The summed E-state index contributed by atoms with van der Waals surface area (Å²) in [4.78, 5) is 24.1. The molecule has 0 bridgehead atoms. The van der Waals surface area contributed by atoms with Crippen molar-refractivity contribution >= 4 is 23.2 Å². The summed E-state index contributed by atoms with van der Waals surface area (Å²) in [5, 5.41) is 13.7. The van der Waals surface area contributed by atoms with Gasteiger partial charge in [-0.25, -0.2) is 0 Å². The highest BCUT2D eigenvalue weighted by atomic mass is 16.6. The monoisotopic (exact) mass is 350 g/mol. The van der Waals surface area contributed by atoms with Crippen molar-refractivity contribution in [1.29, 1.82) is 0 Å². The average molecular weight is 350 g/mol. The molecule has 1 amide bonds. The number of methoxy groups -OCH3 is 1. The summed E-state index contributed by atoms with van der Waals surface area (Å²) < 4.78 is 5.12. The standard InChI is InChI=1S/C18H14N4O4/c1-26-17-9-4-14(5-10-17)15(6-11-18(23)20-21-19)12-13-2-7-16(8-3-13)22(24)25/h2-12H,1H3/b11-6+,15-12-. The SMILES string of the molecule is COc1ccc(C(=C\c2ccc([N+](=O)[O-])cc2)/C=C/C(=O)N=[N+]=[N-])cc1. The number of allylic oxidation sites excluding steroid dienone is 2. The molecule has 8 heteroatoms.